The van der Waals surface area contributed by atoms with Crippen molar-refractivity contribution in [1.29, 1.82) is 0 Å². The molecule has 0 saturated heterocycles. The molecule has 1 N–H and O–H groups in total. The molecule has 3 rings (SSSR count). The lowest BCUT2D eigenvalue weighted by Gasteiger charge is -2.12. The topological polar surface area (TPSA) is 54.4 Å². The molecule has 1 aromatic carbocycles. The van der Waals surface area contributed by atoms with Crippen LogP contribution in [0.3, 0.4) is 0 Å². The Kier molecular flexibility index (Phi) is 3.81. The van der Waals surface area contributed by atoms with Crippen LogP contribution in [0.2, 0.25) is 0 Å². The molecular weight excluding hydrogens is 276 g/mol. The van der Waals surface area contributed by atoms with Crippen LogP contribution in [0, 0.1) is 0 Å². The number of carbonyl (C=O) groups excluding carboxylic acids is 2. The number of carbonyl (C=O) groups is 2. The zero-order chi connectivity index (χ0) is 15.5. The minimum Gasteiger partial charge on any atom is -0.392 e. The van der Waals surface area contributed by atoms with Crippen LogP contribution in [-0.2, 0) is 16.2 Å². The molecule has 0 amide bonds. The van der Waals surface area contributed by atoms with Crippen molar-refractivity contribution in [2.24, 2.45) is 0 Å². The van der Waals surface area contributed by atoms with Crippen molar-refractivity contribution >= 4 is 17.1 Å². The summed E-state index contributed by atoms with van der Waals surface area (Å²) < 4.78 is 0. The molecule has 0 radical (unpaired) electrons. The van der Waals surface area contributed by atoms with Crippen molar-refractivity contribution < 1.29 is 14.7 Å². The van der Waals surface area contributed by atoms with Crippen LogP contribution in [-0.4, -0.2) is 16.7 Å². The minimum atomic E-state index is -0.0547. The van der Waals surface area contributed by atoms with E-state index in [4.69, 9.17) is 5.11 Å². The molecule has 0 fully saturated rings. The van der Waals surface area contributed by atoms with Gasteiger partial charge in [0.05, 0.1) is 6.61 Å². The van der Waals surface area contributed by atoms with E-state index in [9.17, 15) is 9.59 Å². The largest absolute Gasteiger partial charge is 0.392 e. The lowest BCUT2D eigenvalue weighted by Crippen LogP contribution is -2.04. The Bertz CT molecular complexity index is 766. The van der Waals surface area contributed by atoms with E-state index in [1.54, 1.807) is 30.4 Å². The van der Waals surface area contributed by atoms with Gasteiger partial charge in [0.1, 0.15) is 0 Å². The van der Waals surface area contributed by atoms with Gasteiger partial charge in [-0.1, -0.05) is 42.5 Å². The second kappa shape index (κ2) is 5.92. The molecule has 1 aromatic rings. The molecular formula is C19H14O3. The van der Waals surface area contributed by atoms with Crippen molar-refractivity contribution in [3.63, 3.8) is 0 Å². The Balaban J connectivity index is 2.01. The molecule has 0 saturated carbocycles. The van der Waals surface area contributed by atoms with Crippen molar-refractivity contribution in [2.45, 2.75) is 6.61 Å². The molecule has 0 unspecified atom stereocenters. The standard InChI is InChI=1S/C19H14O3/c20-12-13-1-3-15(4-2-13)18-11-16(7-10-19(18)22)14-5-8-17(21)9-6-14/h1-11,20H,12H2. The fourth-order valence-electron chi connectivity index (χ4n) is 2.37. The number of hydrogen-bond donors (Lipinski definition) is 1. The van der Waals surface area contributed by atoms with Gasteiger partial charge in [0, 0.05) is 5.57 Å². The maximum Gasteiger partial charge on any atom is 0.186 e. The molecule has 0 atom stereocenters. The van der Waals surface area contributed by atoms with Gasteiger partial charge in [0.15, 0.2) is 11.6 Å². The van der Waals surface area contributed by atoms with Crippen molar-refractivity contribution in [1.82, 2.24) is 0 Å². The molecule has 0 aliphatic heterocycles. The summed E-state index contributed by atoms with van der Waals surface area (Å²) in [5, 5.41) is 9.08. The monoisotopic (exact) mass is 290 g/mol. The highest BCUT2D eigenvalue weighted by Gasteiger charge is 2.15. The van der Waals surface area contributed by atoms with Gasteiger partial charge in [-0.05, 0) is 46.6 Å². The van der Waals surface area contributed by atoms with Crippen LogP contribution in [0.15, 0.2) is 77.9 Å². The van der Waals surface area contributed by atoms with Gasteiger partial charge in [-0.25, -0.2) is 0 Å². The quantitative estimate of drug-likeness (QED) is 0.911. The summed E-state index contributed by atoms with van der Waals surface area (Å²) in [5.74, 6) is -0.0926. The summed E-state index contributed by atoms with van der Waals surface area (Å²) in [5.41, 5.74) is 4.00. The number of rotatable bonds is 2. The third-order valence-electron chi connectivity index (χ3n) is 3.61. The highest BCUT2D eigenvalue weighted by Crippen LogP contribution is 2.26. The van der Waals surface area contributed by atoms with Crippen molar-refractivity contribution in [2.75, 3.05) is 0 Å². The zero-order valence-corrected chi connectivity index (χ0v) is 11.8. The lowest BCUT2D eigenvalue weighted by molar-refractivity contribution is -0.111. The predicted molar refractivity (Wildman–Crippen MR) is 84.8 cm³/mol. The molecule has 3 heteroatoms. The molecule has 22 heavy (non-hydrogen) atoms. The number of aliphatic hydroxyl groups is 1. The summed E-state index contributed by atoms with van der Waals surface area (Å²) in [6.07, 6.45) is 11.6. The first-order valence-electron chi connectivity index (χ1n) is 6.96. The Hall–Kier alpha value is -2.78. The van der Waals surface area contributed by atoms with Crippen LogP contribution in [0.5, 0.6) is 0 Å². The summed E-state index contributed by atoms with van der Waals surface area (Å²) in [7, 11) is 0. The number of hydrogen-bond acceptors (Lipinski definition) is 3. The fraction of sp³-hybridized carbons (Fsp3) is 0.0526. The van der Waals surface area contributed by atoms with E-state index in [2.05, 4.69) is 0 Å². The lowest BCUT2D eigenvalue weighted by atomic mass is 9.91. The molecule has 3 nitrogen and oxygen atoms in total. The molecule has 0 heterocycles. The minimum absolute atomic E-state index is 0.0217. The number of benzene rings is 1. The Morgan fingerprint density at radius 1 is 0.773 bits per heavy atom. The average molecular weight is 290 g/mol. The van der Waals surface area contributed by atoms with Crippen LogP contribution < -0.4 is 0 Å². The van der Waals surface area contributed by atoms with E-state index in [0.717, 1.165) is 22.3 Å². The maximum atomic E-state index is 12.1. The Morgan fingerprint density at radius 2 is 1.41 bits per heavy atom. The summed E-state index contributed by atoms with van der Waals surface area (Å²) in [6, 6.07) is 7.25. The van der Waals surface area contributed by atoms with Crippen molar-refractivity contribution in [3.05, 3.63) is 89.1 Å². The molecule has 2 aliphatic rings. The van der Waals surface area contributed by atoms with E-state index >= 15 is 0 Å². The first-order valence-corrected chi connectivity index (χ1v) is 6.96. The smallest absolute Gasteiger partial charge is 0.186 e. The van der Waals surface area contributed by atoms with Gasteiger partial charge in [0.25, 0.3) is 0 Å². The van der Waals surface area contributed by atoms with Gasteiger partial charge < -0.3 is 5.11 Å². The second-order valence-corrected chi connectivity index (χ2v) is 5.09. The molecule has 2 aliphatic carbocycles. The summed E-state index contributed by atoms with van der Waals surface area (Å²) in [4.78, 5) is 23.3. The van der Waals surface area contributed by atoms with Crippen LogP contribution in [0.1, 0.15) is 11.1 Å². The van der Waals surface area contributed by atoms with Crippen LogP contribution >= 0.6 is 0 Å². The van der Waals surface area contributed by atoms with Gasteiger partial charge in [0.2, 0.25) is 0 Å². The number of allylic oxidation sites excluding steroid dienone is 10. The maximum absolute atomic E-state index is 12.1. The first kappa shape index (κ1) is 14.2. The van der Waals surface area contributed by atoms with Gasteiger partial charge in [-0.3, -0.25) is 9.59 Å². The predicted octanol–water partition coefficient (Wildman–Crippen LogP) is 2.69. The van der Waals surface area contributed by atoms with E-state index < -0.39 is 0 Å². The molecule has 0 aromatic heterocycles. The number of ketones is 2. The van der Waals surface area contributed by atoms with Gasteiger partial charge in [-0.15, -0.1) is 0 Å². The number of aliphatic hydroxyl groups excluding tert-OH is 1. The molecule has 0 spiro atoms. The van der Waals surface area contributed by atoms with Crippen molar-refractivity contribution in [3.8, 4) is 0 Å². The molecule has 0 bridgehead atoms. The summed E-state index contributed by atoms with van der Waals surface area (Å²) >= 11 is 0. The summed E-state index contributed by atoms with van der Waals surface area (Å²) in [6.45, 7) is -0.0217. The van der Waals surface area contributed by atoms with E-state index in [0.29, 0.717) is 5.57 Å². The third-order valence-corrected chi connectivity index (χ3v) is 3.61. The second-order valence-electron chi connectivity index (χ2n) is 5.09. The zero-order valence-electron chi connectivity index (χ0n) is 11.8. The van der Waals surface area contributed by atoms with E-state index in [1.807, 2.05) is 18.2 Å². The van der Waals surface area contributed by atoms with Crippen LogP contribution in [0.4, 0.5) is 0 Å². The first-order chi connectivity index (χ1) is 10.7. The SMILES string of the molecule is O=C1C=CC(=C2C=CC(=O)C(c3ccc(CO)cc3)=C2)C=C1. The Labute approximate surface area is 128 Å². The average Bonchev–Trinajstić information content (AvgIpc) is 2.56. The van der Waals surface area contributed by atoms with E-state index in [1.165, 1.54) is 18.2 Å². The third kappa shape index (κ3) is 2.80. The van der Waals surface area contributed by atoms with Crippen LogP contribution in [0.25, 0.3) is 5.57 Å². The molecule has 108 valence electrons. The fourth-order valence-corrected chi connectivity index (χ4v) is 2.37. The normalized spacial score (nSPS) is 17.2. The van der Waals surface area contributed by atoms with E-state index in [-0.39, 0.29) is 18.2 Å². The van der Waals surface area contributed by atoms with Gasteiger partial charge in [-0.2, -0.15) is 0 Å². The highest BCUT2D eigenvalue weighted by molar-refractivity contribution is 6.27. The Morgan fingerprint density at radius 3 is 2.05 bits per heavy atom. The van der Waals surface area contributed by atoms with Gasteiger partial charge >= 0.3 is 0 Å². The highest BCUT2D eigenvalue weighted by atomic mass is 16.3.